The molecule has 0 aliphatic carbocycles. The summed E-state index contributed by atoms with van der Waals surface area (Å²) in [5.41, 5.74) is 2.60. The lowest BCUT2D eigenvalue weighted by Crippen LogP contribution is -1.98. The Morgan fingerprint density at radius 1 is 1.31 bits per heavy atom. The fraction of sp³-hybridized carbons (Fsp3) is 0.500. The highest BCUT2D eigenvalue weighted by atomic mass is 16.4. The molecule has 2 nitrogen and oxygen atoms in total. The molecule has 88 valence electrons. The third-order valence-electron chi connectivity index (χ3n) is 2.49. The molecule has 2 heteroatoms. The van der Waals surface area contributed by atoms with Gasteiger partial charge in [0.25, 0.3) is 0 Å². The van der Waals surface area contributed by atoms with Crippen LogP contribution in [0.15, 0.2) is 24.3 Å². The minimum Gasteiger partial charge on any atom is -0.481 e. The Balaban J connectivity index is 2.50. The number of aliphatic carboxylic acids is 1. The molecule has 0 atom stereocenters. The Morgan fingerprint density at radius 3 is 2.62 bits per heavy atom. The molecule has 1 aromatic carbocycles. The molecule has 1 rings (SSSR count). The van der Waals surface area contributed by atoms with Gasteiger partial charge >= 0.3 is 5.97 Å². The first-order valence-electron chi connectivity index (χ1n) is 5.87. The van der Waals surface area contributed by atoms with Crippen LogP contribution < -0.4 is 0 Å². The standard InChI is InChI=1S/C14H20O2/c1-11(2)9-13-7-3-5-12(10-13)6-4-8-14(15)16/h3,5,7,10-11H,4,6,8-9H2,1-2H3,(H,15,16). The van der Waals surface area contributed by atoms with Gasteiger partial charge in [0, 0.05) is 6.42 Å². The summed E-state index contributed by atoms with van der Waals surface area (Å²) in [5.74, 6) is -0.0485. The first kappa shape index (κ1) is 12.8. The van der Waals surface area contributed by atoms with Gasteiger partial charge < -0.3 is 5.11 Å². The average molecular weight is 220 g/mol. The van der Waals surface area contributed by atoms with Crippen molar-refractivity contribution in [3.05, 3.63) is 35.4 Å². The van der Waals surface area contributed by atoms with Crippen molar-refractivity contribution in [3.63, 3.8) is 0 Å². The Kier molecular flexibility index (Phi) is 5.03. The number of hydrogen-bond donors (Lipinski definition) is 1. The molecule has 0 fully saturated rings. The first-order valence-corrected chi connectivity index (χ1v) is 5.87. The van der Waals surface area contributed by atoms with Gasteiger partial charge in [-0.1, -0.05) is 38.1 Å². The highest BCUT2D eigenvalue weighted by Crippen LogP contribution is 2.12. The van der Waals surface area contributed by atoms with Gasteiger partial charge in [0.1, 0.15) is 0 Å². The number of rotatable bonds is 6. The molecule has 0 aliphatic rings. The lowest BCUT2D eigenvalue weighted by atomic mass is 9.99. The van der Waals surface area contributed by atoms with Gasteiger partial charge in [-0.25, -0.2) is 0 Å². The maximum atomic E-state index is 10.4. The van der Waals surface area contributed by atoms with Crippen molar-refractivity contribution in [1.82, 2.24) is 0 Å². The summed E-state index contributed by atoms with van der Waals surface area (Å²) in [5, 5.41) is 8.57. The molecular formula is C14H20O2. The molecule has 0 saturated carbocycles. The van der Waals surface area contributed by atoms with Gasteiger partial charge in [-0.15, -0.1) is 0 Å². The molecule has 0 saturated heterocycles. The number of carboxylic acid groups (broad SMARTS) is 1. The Bertz CT molecular complexity index is 342. The van der Waals surface area contributed by atoms with E-state index in [1.54, 1.807) is 0 Å². The Hall–Kier alpha value is -1.31. The molecule has 0 heterocycles. The molecule has 0 amide bonds. The summed E-state index contributed by atoms with van der Waals surface area (Å²) in [6.45, 7) is 4.41. The predicted molar refractivity (Wildman–Crippen MR) is 65.6 cm³/mol. The van der Waals surface area contributed by atoms with Gasteiger partial charge in [0.05, 0.1) is 0 Å². The third kappa shape index (κ3) is 4.96. The maximum absolute atomic E-state index is 10.4. The topological polar surface area (TPSA) is 37.3 Å². The smallest absolute Gasteiger partial charge is 0.303 e. The summed E-state index contributed by atoms with van der Waals surface area (Å²) in [6, 6.07) is 8.47. The summed E-state index contributed by atoms with van der Waals surface area (Å²) in [4.78, 5) is 10.4. The summed E-state index contributed by atoms with van der Waals surface area (Å²) < 4.78 is 0. The molecule has 0 aromatic heterocycles. The van der Waals surface area contributed by atoms with Crippen LogP contribution in [0.2, 0.25) is 0 Å². The first-order chi connectivity index (χ1) is 7.58. The van der Waals surface area contributed by atoms with E-state index in [4.69, 9.17) is 5.11 Å². The Labute approximate surface area is 97.3 Å². The zero-order valence-electron chi connectivity index (χ0n) is 10.1. The second-order valence-corrected chi connectivity index (χ2v) is 4.67. The second kappa shape index (κ2) is 6.31. The van der Waals surface area contributed by atoms with Crippen LogP contribution in [-0.2, 0) is 17.6 Å². The van der Waals surface area contributed by atoms with Gasteiger partial charge in [-0.05, 0) is 36.3 Å². The fourth-order valence-electron chi connectivity index (χ4n) is 1.83. The lowest BCUT2D eigenvalue weighted by Gasteiger charge is -2.07. The predicted octanol–water partition coefficient (Wildman–Crippen LogP) is 3.29. The zero-order valence-corrected chi connectivity index (χ0v) is 10.1. The number of hydrogen-bond acceptors (Lipinski definition) is 1. The number of carbonyl (C=O) groups is 1. The molecule has 0 spiro atoms. The molecule has 0 unspecified atom stereocenters. The van der Waals surface area contributed by atoms with Crippen LogP contribution >= 0.6 is 0 Å². The van der Waals surface area contributed by atoms with Gasteiger partial charge in [-0.2, -0.15) is 0 Å². The van der Waals surface area contributed by atoms with Crippen molar-refractivity contribution in [2.75, 3.05) is 0 Å². The SMILES string of the molecule is CC(C)Cc1cccc(CCCC(=O)O)c1. The largest absolute Gasteiger partial charge is 0.481 e. The van der Waals surface area contributed by atoms with E-state index in [-0.39, 0.29) is 6.42 Å². The molecular weight excluding hydrogens is 200 g/mol. The van der Waals surface area contributed by atoms with Crippen LogP contribution in [0.25, 0.3) is 0 Å². The van der Waals surface area contributed by atoms with Crippen molar-refractivity contribution in [1.29, 1.82) is 0 Å². The molecule has 1 aromatic rings. The van der Waals surface area contributed by atoms with Crippen LogP contribution in [0, 0.1) is 5.92 Å². The van der Waals surface area contributed by atoms with E-state index >= 15 is 0 Å². The number of benzene rings is 1. The van der Waals surface area contributed by atoms with Crippen molar-refractivity contribution >= 4 is 5.97 Å². The average Bonchev–Trinajstić information content (AvgIpc) is 2.16. The van der Waals surface area contributed by atoms with E-state index < -0.39 is 5.97 Å². The number of aryl methyl sites for hydroxylation is 1. The van der Waals surface area contributed by atoms with Crippen LogP contribution in [-0.4, -0.2) is 11.1 Å². The van der Waals surface area contributed by atoms with Gasteiger partial charge in [0.15, 0.2) is 0 Å². The Morgan fingerprint density at radius 2 is 2.00 bits per heavy atom. The van der Waals surface area contributed by atoms with Crippen LogP contribution in [0.5, 0.6) is 0 Å². The second-order valence-electron chi connectivity index (χ2n) is 4.67. The third-order valence-corrected chi connectivity index (χ3v) is 2.49. The summed E-state index contributed by atoms with van der Waals surface area (Å²) in [7, 11) is 0. The van der Waals surface area contributed by atoms with Crippen molar-refractivity contribution in [3.8, 4) is 0 Å². The van der Waals surface area contributed by atoms with Crippen molar-refractivity contribution in [2.24, 2.45) is 5.92 Å². The molecule has 0 aliphatic heterocycles. The summed E-state index contributed by atoms with van der Waals surface area (Å²) >= 11 is 0. The highest BCUT2D eigenvalue weighted by Gasteiger charge is 2.01. The van der Waals surface area contributed by atoms with Crippen LogP contribution in [0.3, 0.4) is 0 Å². The lowest BCUT2D eigenvalue weighted by molar-refractivity contribution is -0.137. The van der Waals surface area contributed by atoms with Crippen LogP contribution in [0.1, 0.15) is 37.8 Å². The highest BCUT2D eigenvalue weighted by molar-refractivity contribution is 5.66. The zero-order chi connectivity index (χ0) is 12.0. The van der Waals surface area contributed by atoms with E-state index in [9.17, 15) is 4.79 Å². The van der Waals surface area contributed by atoms with E-state index in [0.29, 0.717) is 5.92 Å². The molecule has 0 bridgehead atoms. The molecule has 1 N–H and O–H groups in total. The van der Waals surface area contributed by atoms with E-state index in [1.807, 2.05) is 0 Å². The minimum atomic E-state index is -0.710. The van der Waals surface area contributed by atoms with E-state index in [2.05, 4.69) is 38.1 Å². The maximum Gasteiger partial charge on any atom is 0.303 e. The van der Waals surface area contributed by atoms with Crippen molar-refractivity contribution in [2.45, 2.75) is 39.5 Å². The van der Waals surface area contributed by atoms with E-state index in [1.165, 1.54) is 11.1 Å². The van der Waals surface area contributed by atoms with Gasteiger partial charge in [-0.3, -0.25) is 4.79 Å². The molecule has 16 heavy (non-hydrogen) atoms. The summed E-state index contributed by atoms with van der Waals surface area (Å²) in [6.07, 6.45) is 2.93. The van der Waals surface area contributed by atoms with Crippen molar-refractivity contribution < 1.29 is 9.90 Å². The minimum absolute atomic E-state index is 0.258. The van der Waals surface area contributed by atoms with E-state index in [0.717, 1.165) is 19.3 Å². The quantitative estimate of drug-likeness (QED) is 0.798. The van der Waals surface area contributed by atoms with Crippen LogP contribution in [0.4, 0.5) is 0 Å². The normalized spacial score (nSPS) is 10.7. The monoisotopic (exact) mass is 220 g/mol. The molecule has 0 radical (unpaired) electrons. The fourth-order valence-corrected chi connectivity index (χ4v) is 1.83. The number of carboxylic acids is 1. The van der Waals surface area contributed by atoms with Gasteiger partial charge in [0.2, 0.25) is 0 Å².